The molecule has 0 fully saturated rings. The number of benzene rings is 1. The van der Waals surface area contributed by atoms with Crippen molar-refractivity contribution in [3.63, 3.8) is 0 Å². The first-order chi connectivity index (χ1) is 10.3. The van der Waals surface area contributed by atoms with Gasteiger partial charge in [0, 0.05) is 40.3 Å². The first kappa shape index (κ1) is 21.0. The van der Waals surface area contributed by atoms with Crippen LogP contribution in [0.15, 0.2) is 29.3 Å². The van der Waals surface area contributed by atoms with Crippen LogP contribution in [0.5, 0.6) is 5.75 Å². The Morgan fingerprint density at radius 2 is 2.05 bits per heavy atom. The molecule has 2 N–H and O–H groups in total. The molecule has 0 saturated heterocycles. The second-order valence-electron chi connectivity index (χ2n) is 4.69. The van der Waals surface area contributed by atoms with Gasteiger partial charge in [0.2, 0.25) is 0 Å². The minimum Gasteiger partial charge on any atom is -0.493 e. The van der Waals surface area contributed by atoms with Crippen LogP contribution in [0.3, 0.4) is 0 Å². The highest BCUT2D eigenvalue weighted by atomic mass is 127. The summed E-state index contributed by atoms with van der Waals surface area (Å²) in [7, 11) is 3.48. The molecule has 1 aromatic rings. The van der Waals surface area contributed by atoms with Crippen LogP contribution in [-0.2, 0) is 11.3 Å². The summed E-state index contributed by atoms with van der Waals surface area (Å²) >= 11 is 0. The molecule has 0 aliphatic heterocycles. The van der Waals surface area contributed by atoms with Crippen molar-refractivity contribution in [3.05, 3.63) is 29.8 Å². The lowest BCUT2D eigenvalue weighted by Crippen LogP contribution is -2.37. The summed E-state index contributed by atoms with van der Waals surface area (Å²) in [6.45, 7) is 5.16. The van der Waals surface area contributed by atoms with Crippen molar-refractivity contribution in [1.29, 1.82) is 0 Å². The SMILES string of the molecule is CCCNC(=NC)NCc1cccc(OCCCOC)c1.I. The lowest BCUT2D eigenvalue weighted by Gasteiger charge is -2.12. The molecule has 5 nitrogen and oxygen atoms in total. The molecule has 0 atom stereocenters. The number of ether oxygens (including phenoxy) is 2. The smallest absolute Gasteiger partial charge is 0.191 e. The largest absolute Gasteiger partial charge is 0.493 e. The van der Waals surface area contributed by atoms with Gasteiger partial charge in [-0.05, 0) is 24.1 Å². The number of methoxy groups -OCH3 is 1. The molecule has 126 valence electrons. The fraction of sp³-hybridized carbons (Fsp3) is 0.562. The van der Waals surface area contributed by atoms with Gasteiger partial charge in [-0.3, -0.25) is 4.99 Å². The Bertz CT molecular complexity index is 428. The highest BCUT2D eigenvalue weighted by Gasteiger charge is 2.00. The summed E-state index contributed by atoms with van der Waals surface area (Å²) in [5.41, 5.74) is 1.17. The maximum absolute atomic E-state index is 5.69. The van der Waals surface area contributed by atoms with E-state index < -0.39 is 0 Å². The number of hydrogen-bond acceptors (Lipinski definition) is 3. The van der Waals surface area contributed by atoms with Gasteiger partial charge in [0.25, 0.3) is 0 Å². The van der Waals surface area contributed by atoms with Gasteiger partial charge < -0.3 is 20.1 Å². The van der Waals surface area contributed by atoms with Gasteiger partial charge in [0.1, 0.15) is 5.75 Å². The standard InChI is InChI=1S/C16H27N3O2.HI/c1-4-9-18-16(17-2)19-13-14-7-5-8-15(12-14)21-11-6-10-20-3;/h5,7-8,12H,4,6,9-11,13H2,1-3H3,(H2,17,18,19);1H. The zero-order chi connectivity index (χ0) is 15.3. The normalized spacial score (nSPS) is 10.8. The molecule has 0 bridgehead atoms. The number of nitrogens with one attached hydrogen (secondary N) is 2. The molecule has 0 spiro atoms. The summed E-state index contributed by atoms with van der Waals surface area (Å²) in [6, 6.07) is 8.10. The predicted molar refractivity (Wildman–Crippen MR) is 102 cm³/mol. The number of rotatable bonds is 9. The first-order valence-electron chi connectivity index (χ1n) is 7.45. The quantitative estimate of drug-likeness (QED) is 0.279. The highest BCUT2D eigenvalue weighted by molar-refractivity contribution is 14.0. The van der Waals surface area contributed by atoms with Gasteiger partial charge in [-0.15, -0.1) is 24.0 Å². The van der Waals surface area contributed by atoms with E-state index in [-0.39, 0.29) is 24.0 Å². The molecule has 0 amide bonds. The van der Waals surface area contributed by atoms with Crippen molar-refractivity contribution in [2.75, 3.05) is 33.9 Å². The maximum Gasteiger partial charge on any atom is 0.191 e. The Balaban J connectivity index is 0.00000441. The maximum atomic E-state index is 5.69. The van der Waals surface area contributed by atoms with Crippen LogP contribution in [0.25, 0.3) is 0 Å². The van der Waals surface area contributed by atoms with Gasteiger partial charge in [0.15, 0.2) is 5.96 Å². The predicted octanol–water partition coefficient (Wildman–Crippen LogP) is 2.79. The third-order valence-electron chi connectivity index (χ3n) is 2.89. The Labute approximate surface area is 150 Å². The zero-order valence-electron chi connectivity index (χ0n) is 13.7. The summed E-state index contributed by atoms with van der Waals surface area (Å²) < 4.78 is 10.7. The van der Waals surface area contributed by atoms with E-state index in [2.05, 4.69) is 28.6 Å². The number of hydrogen-bond donors (Lipinski definition) is 2. The molecule has 0 radical (unpaired) electrons. The summed E-state index contributed by atoms with van der Waals surface area (Å²) in [6.07, 6.45) is 1.97. The topological polar surface area (TPSA) is 54.9 Å². The van der Waals surface area contributed by atoms with Crippen molar-refractivity contribution in [1.82, 2.24) is 10.6 Å². The Kier molecular flexibility index (Phi) is 13.0. The van der Waals surface area contributed by atoms with Gasteiger partial charge in [-0.2, -0.15) is 0 Å². The van der Waals surface area contributed by atoms with Crippen molar-refractivity contribution >= 4 is 29.9 Å². The van der Waals surface area contributed by atoms with E-state index in [0.29, 0.717) is 6.61 Å². The van der Waals surface area contributed by atoms with Crippen LogP contribution in [0.4, 0.5) is 0 Å². The number of aliphatic imine (C=N–C) groups is 1. The molecule has 0 unspecified atom stereocenters. The van der Waals surface area contributed by atoms with Crippen molar-refractivity contribution in [3.8, 4) is 5.75 Å². The molecule has 22 heavy (non-hydrogen) atoms. The summed E-state index contributed by atoms with van der Waals surface area (Å²) in [4.78, 5) is 4.18. The molecule has 1 aromatic carbocycles. The van der Waals surface area contributed by atoms with E-state index in [4.69, 9.17) is 9.47 Å². The highest BCUT2D eigenvalue weighted by Crippen LogP contribution is 2.13. The van der Waals surface area contributed by atoms with Crippen LogP contribution in [0.1, 0.15) is 25.3 Å². The van der Waals surface area contributed by atoms with Gasteiger partial charge >= 0.3 is 0 Å². The van der Waals surface area contributed by atoms with Crippen LogP contribution < -0.4 is 15.4 Å². The summed E-state index contributed by atoms with van der Waals surface area (Å²) in [5, 5.41) is 6.53. The van der Waals surface area contributed by atoms with Crippen LogP contribution in [-0.4, -0.2) is 39.9 Å². The first-order valence-corrected chi connectivity index (χ1v) is 7.45. The molecule has 6 heteroatoms. The average molecular weight is 421 g/mol. The lowest BCUT2D eigenvalue weighted by atomic mass is 10.2. The molecule has 0 heterocycles. The van der Waals surface area contributed by atoms with E-state index >= 15 is 0 Å². The van der Waals surface area contributed by atoms with Crippen molar-refractivity contribution < 1.29 is 9.47 Å². The van der Waals surface area contributed by atoms with Gasteiger partial charge in [-0.25, -0.2) is 0 Å². The Hall–Kier alpha value is -1.02. The number of guanidine groups is 1. The Morgan fingerprint density at radius 3 is 2.73 bits per heavy atom. The van der Waals surface area contributed by atoms with E-state index in [1.165, 1.54) is 5.56 Å². The molecular weight excluding hydrogens is 393 g/mol. The zero-order valence-corrected chi connectivity index (χ0v) is 16.1. The van der Waals surface area contributed by atoms with Gasteiger partial charge in [0.05, 0.1) is 6.61 Å². The van der Waals surface area contributed by atoms with Crippen molar-refractivity contribution in [2.24, 2.45) is 4.99 Å². The minimum atomic E-state index is 0. The average Bonchev–Trinajstić information content (AvgIpc) is 2.52. The number of nitrogens with zero attached hydrogens (tertiary/aromatic N) is 1. The van der Waals surface area contributed by atoms with Crippen LogP contribution in [0, 0.1) is 0 Å². The fourth-order valence-electron chi connectivity index (χ4n) is 1.79. The van der Waals surface area contributed by atoms with Crippen LogP contribution >= 0.6 is 24.0 Å². The number of halogens is 1. The van der Waals surface area contributed by atoms with E-state index in [0.717, 1.165) is 44.2 Å². The summed E-state index contributed by atoms with van der Waals surface area (Å²) in [5.74, 6) is 1.71. The van der Waals surface area contributed by atoms with Crippen molar-refractivity contribution in [2.45, 2.75) is 26.3 Å². The molecule has 0 aliphatic rings. The van der Waals surface area contributed by atoms with E-state index in [9.17, 15) is 0 Å². The molecule has 0 aromatic heterocycles. The molecular formula is C16H28IN3O2. The second-order valence-corrected chi connectivity index (χ2v) is 4.69. The van der Waals surface area contributed by atoms with E-state index in [1.54, 1.807) is 14.2 Å². The van der Waals surface area contributed by atoms with E-state index in [1.807, 2.05) is 18.2 Å². The third-order valence-corrected chi connectivity index (χ3v) is 2.89. The molecule has 0 aliphatic carbocycles. The minimum absolute atomic E-state index is 0. The molecule has 0 saturated carbocycles. The fourth-order valence-corrected chi connectivity index (χ4v) is 1.79. The second kappa shape index (κ2) is 13.6. The van der Waals surface area contributed by atoms with Crippen LogP contribution in [0.2, 0.25) is 0 Å². The lowest BCUT2D eigenvalue weighted by molar-refractivity contribution is 0.172. The molecule has 1 rings (SSSR count). The third kappa shape index (κ3) is 9.09. The Morgan fingerprint density at radius 1 is 1.23 bits per heavy atom. The monoisotopic (exact) mass is 421 g/mol. The van der Waals surface area contributed by atoms with Gasteiger partial charge in [-0.1, -0.05) is 19.1 Å².